The van der Waals surface area contributed by atoms with Crippen LogP contribution in [0.15, 0.2) is 46.1 Å². The van der Waals surface area contributed by atoms with E-state index < -0.39 is 35.1 Å². The molecule has 8 nitrogen and oxygen atoms in total. The van der Waals surface area contributed by atoms with Crippen LogP contribution in [0.2, 0.25) is 0 Å². The number of aliphatic hydroxyl groups excluding tert-OH is 1. The van der Waals surface area contributed by atoms with Crippen molar-refractivity contribution in [3.63, 3.8) is 0 Å². The van der Waals surface area contributed by atoms with Crippen molar-refractivity contribution in [3.05, 3.63) is 58.1 Å². The second-order valence-corrected chi connectivity index (χ2v) is 8.96. The van der Waals surface area contributed by atoms with Gasteiger partial charge in [0.15, 0.2) is 0 Å². The summed E-state index contributed by atoms with van der Waals surface area (Å²) in [5.41, 5.74) is -2.16. The molecule has 180 valence electrons. The number of H-pyrrole nitrogens is 1. The van der Waals surface area contributed by atoms with E-state index in [1.54, 1.807) is 18.6 Å². The third kappa shape index (κ3) is 5.18. The van der Waals surface area contributed by atoms with Crippen LogP contribution in [0.5, 0.6) is 0 Å². The number of aromatic amines is 1. The van der Waals surface area contributed by atoms with Crippen LogP contribution in [0.4, 0.5) is 23.4 Å². The summed E-state index contributed by atoms with van der Waals surface area (Å²) in [5, 5.41) is 17.4. The molecule has 1 amide bonds. The average Bonchev–Trinajstić information content (AvgIpc) is 3.22. The number of halogens is 4. The van der Waals surface area contributed by atoms with E-state index in [0.717, 1.165) is 22.4 Å². The molecule has 4 rings (SSSR count). The summed E-state index contributed by atoms with van der Waals surface area (Å²) in [6, 6.07) is 4.24. The molecule has 2 aromatic rings. The standard InChI is InChI=1S/C21H21AsF4N6O2/c22-17-9-27-8-13(32(17)18-4-5-28-29-18)10-30-6-7-31(12-14(33)11-30)20(34)15-2-1-3-16(19(15)23)21(24,25)26/h1-5,8-9,13-14,33H,6-7,10-12H2,(H,28,29). The third-order valence-corrected chi connectivity index (χ3v) is 6.32. The monoisotopic (exact) mass is 540 g/mol. The molecule has 2 unspecified atom stereocenters. The first kappa shape index (κ1) is 24.4. The summed E-state index contributed by atoms with van der Waals surface area (Å²) in [5.74, 6) is -1.74. The number of nitrogens with zero attached hydrogens (tertiary/aromatic N) is 5. The molecule has 0 bridgehead atoms. The van der Waals surface area contributed by atoms with Crippen LogP contribution >= 0.6 is 0 Å². The van der Waals surface area contributed by atoms with Crippen molar-refractivity contribution < 1.29 is 27.5 Å². The molecule has 0 aliphatic carbocycles. The number of aliphatic hydroxyl groups is 1. The molecule has 2 N–H and O–H groups in total. The zero-order valence-corrected chi connectivity index (χ0v) is 19.7. The molecule has 1 aromatic heterocycles. The maximum atomic E-state index is 14.5. The molecule has 2 radical (unpaired) electrons. The van der Waals surface area contributed by atoms with Crippen molar-refractivity contribution in [1.29, 1.82) is 0 Å². The number of alkyl halides is 3. The van der Waals surface area contributed by atoms with E-state index in [2.05, 4.69) is 32.0 Å². The number of rotatable bonds is 4. The summed E-state index contributed by atoms with van der Waals surface area (Å²) in [6.07, 6.45) is -0.795. The zero-order valence-electron chi connectivity index (χ0n) is 17.8. The molecule has 3 heterocycles. The number of hydrogen-bond acceptors (Lipinski definition) is 6. The molecular weight excluding hydrogens is 519 g/mol. The Bertz CT molecular complexity index is 1090. The van der Waals surface area contributed by atoms with Gasteiger partial charge in [-0.2, -0.15) is 13.2 Å². The molecule has 2 atom stereocenters. The number of aliphatic imine (C=N–C) groups is 1. The molecule has 0 spiro atoms. The van der Waals surface area contributed by atoms with E-state index in [0.29, 0.717) is 19.2 Å². The molecule has 1 fully saturated rings. The number of anilines is 1. The first-order valence-corrected chi connectivity index (χ1v) is 11.4. The Morgan fingerprint density at radius 2 is 2.03 bits per heavy atom. The molecule has 13 heteroatoms. The fraction of sp³-hybridized carbons (Fsp3) is 0.381. The molecular formula is C21H21AsF4N6O2. The van der Waals surface area contributed by atoms with Gasteiger partial charge in [0, 0.05) is 0 Å². The van der Waals surface area contributed by atoms with Crippen LogP contribution in [0, 0.1) is 5.82 Å². The van der Waals surface area contributed by atoms with E-state index in [9.17, 15) is 27.5 Å². The van der Waals surface area contributed by atoms with Gasteiger partial charge in [-0.1, -0.05) is 0 Å². The van der Waals surface area contributed by atoms with Gasteiger partial charge in [-0.25, -0.2) is 0 Å². The number of aromatic nitrogens is 2. The topological polar surface area (TPSA) is 88.1 Å². The zero-order chi connectivity index (χ0) is 24.5. The fourth-order valence-electron chi connectivity index (χ4n) is 4.08. The summed E-state index contributed by atoms with van der Waals surface area (Å²) < 4.78 is 54.5. The Morgan fingerprint density at radius 1 is 1.24 bits per heavy atom. The Hall–Kier alpha value is -2.69. The van der Waals surface area contributed by atoms with Crippen LogP contribution in [0.25, 0.3) is 0 Å². The Morgan fingerprint density at radius 3 is 2.74 bits per heavy atom. The van der Waals surface area contributed by atoms with E-state index in [4.69, 9.17) is 0 Å². The Labute approximate surface area is 201 Å². The quantitative estimate of drug-likeness (QED) is 0.455. The SMILES string of the molecule is O=C(c1cccc(C(F)(F)F)c1F)N1CCN(CC2C=NC=C([As])N2c2ccn[nH]2)CC(O)C1. The van der Waals surface area contributed by atoms with Crippen molar-refractivity contribution in [1.82, 2.24) is 20.0 Å². The molecule has 2 aliphatic rings. The molecule has 34 heavy (non-hydrogen) atoms. The number of benzene rings is 1. The second kappa shape index (κ2) is 9.89. The Balaban J connectivity index is 1.48. The number of carbonyl (C=O) groups is 1. The van der Waals surface area contributed by atoms with Crippen molar-refractivity contribution in [2.45, 2.75) is 18.3 Å². The van der Waals surface area contributed by atoms with E-state index in [1.165, 1.54) is 4.90 Å². The van der Waals surface area contributed by atoms with Crippen molar-refractivity contribution in [2.75, 3.05) is 37.6 Å². The van der Waals surface area contributed by atoms with Crippen molar-refractivity contribution >= 4 is 34.8 Å². The number of hydrogen-bond donors (Lipinski definition) is 2. The first-order chi connectivity index (χ1) is 16.1. The van der Waals surface area contributed by atoms with Gasteiger partial charge in [0.1, 0.15) is 0 Å². The summed E-state index contributed by atoms with van der Waals surface area (Å²) in [6.45, 7) is 1.01. The summed E-state index contributed by atoms with van der Waals surface area (Å²) in [4.78, 5) is 22.3. The van der Waals surface area contributed by atoms with Gasteiger partial charge in [0.25, 0.3) is 0 Å². The number of carbonyl (C=O) groups excluding carboxylic acids is 1. The Kier molecular flexibility index (Phi) is 7.11. The third-order valence-electron chi connectivity index (χ3n) is 5.63. The van der Waals surface area contributed by atoms with Gasteiger partial charge in [-0.15, -0.1) is 0 Å². The van der Waals surface area contributed by atoms with E-state index in [1.807, 2.05) is 15.9 Å². The van der Waals surface area contributed by atoms with Crippen LogP contribution < -0.4 is 4.90 Å². The number of amides is 1. The van der Waals surface area contributed by atoms with Crippen LogP contribution in [0.3, 0.4) is 0 Å². The van der Waals surface area contributed by atoms with Gasteiger partial charge in [0.05, 0.1) is 0 Å². The minimum atomic E-state index is -4.91. The van der Waals surface area contributed by atoms with Crippen LogP contribution in [-0.2, 0) is 6.18 Å². The van der Waals surface area contributed by atoms with Crippen molar-refractivity contribution in [3.8, 4) is 0 Å². The molecule has 2 aliphatic heterocycles. The van der Waals surface area contributed by atoms with Crippen LogP contribution in [-0.4, -0.2) is 98.9 Å². The fourth-order valence-corrected chi connectivity index (χ4v) is 4.75. The first-order valence-electron chi connectivity index (χ1n) is 10.4. The van der Waals surface area contributed by atoms with Gasteiger partial charge < -0.3 is 0 Å². The van der Waals surface area contributed by atoms with Gasteiger partial charge in [-0.3, -0.25) is 0 Å². The predicted octanol–water partition coefficient (Wildman–Crippen LogP) is 1.61. The second-order valence-electron chi connectivity index (χ2n) is 7.99. The summed E-state index contributed by atoms with van der Waals surface area (Å²) >= 11 is 2.43. The minimum absolute atomic E-state index is 0.115. The van der Waals surface area contributed by atoms with Gasteiger partial charge in [0.2, 0.25) is 0 Å². The van der Waals surface area contributed by atoms with E-state index in [-0.39, 0.29) is 25.7 Å². The number of nitrogens with one attached hydrogen (secondary N) is 1. The van der Waals surface area contributed by atoms with Gasteiger partial charge in [-0.05, 0) is 6.07 Å². The van der Waals surface area contributed by atoms with E-state index >= 15 is 0 Å². The predicted molar refractivity (Wildman–Crippen MR) is 117 cm³/mol. The molecule has 1 saturated heterocycles. The molecule has 1 aromatic carbocycles. The molecule has 0 saturated carbocycles. The normalized spacial score (nSPS) is 22.0. The maximum absolute atomic E-state index is 14.5. The van der Waals surface area contributed by atoms with Gasteiger partial charge >= 0.3 is 182 Å². The average molecular weight is 540 g/mol. The van der Waals surface area contributed by atoms with Crippen molar-refractivity contribution in [2.24, 2.45) is 4.99 Å². The summed E-state index contributed by atoms with van der Waals surface area (Å²) in [7, 11) is 0. The van der Waals surface area contributed by atoms with Crippen LogP contribution in [0.1, 0.15) is 15.9 Å². The number of β-amino-alcohol motifs (C(OH)–C–C–N with tert-alkyl or cyclic N) is 1.